The molecule has 1 aromatic heterocycles. The van der Waals surface area contributed by atoms with E-state index in [-0.39, 0.29) is 17.7 Å². The molecule has 16 heavy (non-hydrogen) atoms. The summed E-state index contributed by atoms with van der Waals surface area (Å²) >= 11 is 5.39. The standard InChI is InChI=1S/C10H16ClNO3S/c1-9(12-16(13,14)8-6-11)4-5-10-3-2-7-15-10/h2-3,7,9,12H,4-6,8H2,1H3. The molecule has 0 aliphatic heterocycles. The van der Waals surface area contributed by atoms with E-state index in [1.807, 2.05) is 19.1 Å². The Hall–Kier alpha value is -0.520. The number of aryl methyl sites for hydroxylation is 1. The van der Waals surface area contributed by atoms with Gasteiger partial charge in [0.05, 0.1) is 12.0 Å². The van der Waals surface area contributed by atoms with Crippen LogP contribution < -0.4 is 4.72 Å². The fourth-order valence-electron chi connectivity index (χ4n) is 1.34. The molecule has 0 fully saturated rings. The summed E-state index contributed by atoms with van der Waals surface area (Å²) in [6, 6.07) is 3.58. The minimum Gasteiger partial charge on any atom is -0.469 e. The lowest BCUT2D eigenvalue weighted by Crippen LogP contribution is -2.35. The molecule has 0 saturated heterocycles. The second kappa shape index (κ2) is 6.27. The molecule has 1 unspecified atom stereocenters. The average Bonchev–Trinajstić information content (AvgIpc) is 2.66. The largest absolute Gasteiger partial charge is 0.469 e. The summed E-state index contributed by atoms with van der Waals surface area (Å²) in [7, 11) is -3.23. The average molecular weight is 266 g/mol. The van der Waals surface area contributed by atoms with Crippen LogP contribution in [0.2, 0.25) is 0 Å². The zero-order valence-electron chi connectivity index (χ0n) is 9.15. The third kappa shape index (κ3) is 5.01. The van der Waals surface area contributed by atoms with Crippen molar-refractivity contribution in [3.8, 4) is 0 Å². The molecule has 1 heterocycles. The number of rotatable bonds is 7. The van der Waals surface area contributed by atoms with E-state index in [9.17, 15) is 8.42 Å². The molecule has 0 aliphatic rings. The number of furan rings is 1. The molecule has 0 bridgehead atoms. The Labute approximate surface area is 101 Å². The molecule has 0 spiro atoms. The van der Waals surface area contributed by atoms with Crippen molar-refractivity contribution < 1.29 is 12.8 Å². The predicted octanol–water partition coefficient (Wildman–Crippen LogP) is 1.76. The molecule has 92 valence electrons. The van der Waals surface area contributed by atoms with Crippen LogP contribution in [0.3, 0.4) is 0 Å². The topological polar surface area (TPSA) is 59.3 Å². The van der Waals surface area contributed by atoms with Crippen molar-refractivity contribution in [2.45, 2.75) is 25.8 Å². The molecular weight excluding hydrogens is 250 g/mol. The van der Waals surface area contributed by atoms with Gasteiger partial charge in [-0.1, -0.05) is 0 Å². The maximum atomic E-state index is 11.4. The van der Waals surface area contributed by atoms with Crippen molar-refractivity contribution in [3.63, 3.8) is 0 Å². The zero-order chi connectivity index (χ0) is 12.0. The van der Waals surface area contributed by atoms with E-state index in [4.69, 9.17) is 16.0 Å². The van der Waals surface area contributed by atoms with Crippen LogP contribution in [0.15, 0.2) is 22.8 Å². The quantitative estimate of drug-likeness (QED) is 0.765. The number of sulfonamides is 1. The summed E-state index contributed by atoms with van der Waals surface area (Å²) < 4.78 is 30.5. The molecular formula is C10H16ClNO3S. The third-order valence-electron chi connectivity index (χ3n) is 2.13. The van der Waals surface area contributed by atoms with Gasteiger partial charge in [0.25, 0.3) is 0 Å². The number of nitrogens with one attached hydrogen (secondary N) is 1. The van der Waals surface area contributed by atoms with Gasteiger partial charge in [0, 0.05) is 18.3 Å². The number of hydrogen-bond donors (Lipinski definition) is 1. The minimum atomic E-state index is -3.23. The SMILES string of the molecule is CC(CCc1ccco1)NS(=O)(=O)CCCl. The van der Waals surface area contributed by atoms with Crippen LogP contribution in [-0.4, -0.2) is 26.1 Å². The van der Waals surface area contributed by atoms with Crippen molar-refractivity contribution in [3.05, 3.63) is 24.2 Å². The van der Waals surface area contributed by atoms with Gasteiger partial charge in [0.15, 0.2) is 0 Å². The number of hydrogen-bond acceptors (Lipinski definition) is 3. The van der Waals surface area contributed by atoms with Gasteiger partial charge in [0.1, 0.15) is 5.76 Å². The van der Waals surface area contributed by atoms with E-state index < -0.39 is 10.0 Å². The van der Waals surface area contributed by atoms with Crippen LogP contribution in [0.25, 0.3) is 0 Å². The van der Waals surface area contributed by atoms with Gasteiger partial charge in [0.2, 0.25) is 10.0 Å². The highest BCUT2D eigenvalue weighted by Crippen LogP contribution is 2.06. The van der Waals surface area contributed by atoms with Crippen molar-refractivity contribution in [1.29, 1.82) is 0 Å². The maximum Gasteiger partial charge on any atom is 0.213 e. The smallest absolute Gasteiger partial charge is 0.213 e. The van der Waals surface area contributed by atoms with Crippen molar-refractivity contribution in [1.82, 2.24) is 4.72 Å². The van der Waals surface area contributed by atoms with Gasteiger partial charge < -0.3 is 4.42 Å². The van der Waals surface area contributed by atoms with Crippen molar-refractivity contribution in [2.75, 3.05) is 11.6 Å². The molecule has 4 nitrogen and oxygen atoms in total. The van der Waals surface area contributed by atoms with Gasteiger partial charge in [-0.3, -0.25) is 0 Å². The predicted molar refractivity (Wildman–Crippen MR) is 64.1 cm³/mol. The van der Waals surface area contributed by atoms with Gasteiger partial charge in [-0.05, 0) is 25.5 Å². The molecule has 0 radical (unpaired) electrons. The minimum absolute atomic E-state index is 0.0420. The van der Waals surface area contributed by atoms with Crippen LogP contribution in [-0.2, 0) is 16.4 Å². The van der Waals surface area contributed by atoms with Crippen molar-refractivity contribution in [2.24, 2.45) is 0 Å². The Morgan fingerprint density at radius 2 is 2.31 bits per heavy atom. The molecule has 1 rings (SSSR count). The molecule has 0 aromatic carbocycles. The summed E-state index contributed by atoms with van der Waals surface area (Å²) in [5, 5.41) is 0. The second-order valence-electron chi connectivity index (χ2n) is 3.64. The third-order valence-corrected chi connectivity index (χ3v) is 4.05. The summed E-state index contributed by atoms with van der Waals surface area (Å²) in [5.74, 6) is 0.934. The van der Waals surface area contributed by atoms with Gasteiger partial charge in [-0.15, -0.1) is 11.6 Å². The normalized spacial score (nSPS) is 13.9. The van der Waals surface area contributed by atoms with Gasteiger partial charge >= 0.3 is 0 Å². The highest BCUT2D eigenvalue weighted by molar-refractivity contribution is 7.89. The summed E-state index contributed by atoms with van der Waals surface area (Å²) in [6.07, 6.45) is 3.03. The van der Waals surface area contributed by atoms with Crippen LogP contribution in [0, 0.1) is 0 Å². The molecule has 1 aromatic rings. The summed E-state index contributed by atoms with van der Waals surface area (Å²) in [5.41, 5.74) is 0. The Balaban J connectivity index is 2.33. The molecule has 1 atom stereocenters. The van der Waals surface area contributed by atoms with Crippen LogP contribution in [0.1, 0.15) is 19.1 Å². The fourth-order valence-corrected chi connectivity index (χ4v) is 3.00. The molecule has 6 heteroatoms. The van der Waals surface area contributed by atoms with E-state index in [1.54, 1.807) is 6.26 Å². The first kappa shape index (κ1) is 13.5. The van der Waals surface area contributed by atoms with Crippen molar-refractivity contribution >= 4 is 21.6 Å². The first-order valence-electron chi connectivity index (χ1n) is 5.12. The Kier molecular flexibility index (Phi) is 5.31. The Morgan fingerprint density at radius 3 is 2.88 bits per heavy atom. The first-order chi connectivity index (χ1) is 7.53. The van der Waals surface area contributed by atoms with Crippen LogP contribution in [0.4, 0.5) is 0 Å². The Bertz CT molecular complexity index is 388. The zero-order valence-corrected chi connectivity index (χ0v) is 10.7. The number of alkyl halides is 1. The lowest BCUT2D eigenvalue weighted by Gasteiger charge is -2.12. The van der Waals surface area contributed by atoms with E-state index in [1.165, 1.54) is 0 Å². The van der Waals surface area contributed by atoms with E-state index in [0.717, 1.165) is 12.2 Å². The van der Waals surface area contributed by atoms with Crippen LogP contribution >= 0.6 is 11.6 Å². The number of halogens is 1. The maximum absolute atomic E-state index is 11.4. The van der Waals surface area contributed by atoms with E-state index in [0.29, 0.717) is 6.42 Å². The first-order valence-corrected chi connectivity index (χ1v) is 7.30. The molecule has 0 amide bonds. The molecule has 0 saturated carbocycles. The van der Waals surface area contributed by atoms with Crippen LogP contribution in [0.5, 0.6) is 0 Å². The molecule has 1 N–H and O–H groups in total. The van der Waals surface area contributed by atoms with Gasteiger partial charge in [-0.25, -0.2) is 13.1 Å². The molecule has 0 aliphatic carbocycles. The highest BCUT2D eigenvalue weighted by atomic mass is 35.5. The summed E-state index contributed by atoms with van der Waals surface area (Å²) in [6.45, 7) is 1.83. The monoisotopic (exact) mass is 265 g/mol. The lowest BCUT2D eigenvalue weighted by atomic mass is 10.2. The lowest BCUT2D eigenvalue weighted by molar-refractivity contribution is 0.480. The fraction of sp³-hybridized carbons (Fsp3) is 0.600. The Morgan fingerprint density at radius 1 is 1.56 bits per heavy atom. The van der Waals surface area contributed by atoms with E-state index in [2.05, 4.69) is 4.72 Å². The van der Waals surface area contributed by atoms with E-state index >= 15 is 0 Å². The second-order valence-corrected chi connectivity index (χ2v) is 5.90. The highest BCUT2D eigenvalue weighted by Gasteiger charge is 2.13. The van der Waals surface area contributed by atoms with Gasteiger partial charge in [-0.2, -0.15) is 0 Å². The summed E-state index contributed by atoms with van der Waals surface area (Å²) in [4.78, 5) is 0.